The maximum Gasteiger partial charge on any atom is 0.252 e. The highest BCUT2D eigenvalue weighted by molar-refractivity contribution is 14.0. The van der Waals surface area contributed by atoms with E-state index < -0.39 is 0 Å². The molecule has 0 saturated heterocycles. The molecule has 154 valence electrons. The average Bonchev–Trinajstić information content (AvgIpc) is 3.05. The number of rotatable bonds is 7. The maximum absolute atomic E-state index is 12.0. The second-order valence-corrected chi connectivity index (χ2v) is 6.27. The minimum absolute atomic E-state index is 0. The lowest BCUT2D eigenvalue weighted by Gasteiger charge is -2.11. The van der Waals surface area contributed by atoms with E-state index in [4.69, 9.17) is 4.42 Å². The molecular weight excluding hydrogens is 481 g/mol. The molecule has 3 rings (SSSR count). The second kappa shape index (κ2) is 11.4. The van der Waals surface area contributed by atoms with Crippen LogP contribution in [-0.4, -0.2) is 36.5 Å². The standard InChI is InChI=1S/C21H25N5O2.HI/c1-3-23-21(25-12-11-24-20(27)16-7-6-10-22-13-16)26-14-19-15(2)17-8-4-5-9-18(17)28-19;/h4-10,13H,3,11-12,14H2,1-2H3,(H,24,27)(H2,23,25,26);1H. The highest BCUT2D eigenvalue weighted by atomic mass is 127. The van der Waals surface area contributed by atoms with Crippen LogP contribution in [0.1, 0.15) is 28.6 Å². The lowest BCUT2D eigenvalue weighted by atomic mass is 10.1. The van der Waals surface area contributed by atoms with Gasteiger partial charge >= 0.3 is 0 Å². The van der Waals surface area contributed by atoms with Crippen molar-refractivity contribution < 1.29 is 9.21 Å². The predicted octanol–water partition coefficient (Wildman–Crippen LogP) is 3.24. The fourth-order valence-electron chi connectivity index (χ4n) is 2.82. The number of aliphatic imine (C=N–C) groups is 1. The van der Waals surface area contributed by atoms with Gasteiger partial charge in [0.1, 0.15) is 17.9 Å². The number of para-hydroxylation sites is 1. The van der Waals surface area contributed by atoms with Crippen LogP contribution in [0, 0.1) is 6.92 Å². The summed E-state index contributed by atoms with van der Waals surface area (Å²) < 4.78 is 5.91. The van der Waals surface area contributed by atoms with Crippen LogP contribution >= 0.6 is 24.0 Å². The van der Waals surface area contributed by atoms with E-state index in [1.807, 2.05) is 32.0 Å². The van der Waals surface area contributed by atoms with Crippen LogP contribution in [0.4, 0.5) is 0 Å². The van der Waals surface area contributed by atoms with E-state index in [-0.39, 0.29) is 29.9 Å². The van der Waals surface area contributed by atoms with Gasteiger partial charge < -0.3 is 20.4 Å². The summed E-state index contributed by atoms with van der Waals surface area (Å²) in [6.45, 7) is 6.27. The summed E-state index contributed by atoms with van der Waals surface area (Å²) in [6, 6.07) is 11.5. The van der Waals surface area contributed by atoms with Gasteiger partial charge in [-0.15, -0.1) is 24.0 Å². The number of aromatic nitrogens is 1. The van der Waals surface area contributed by atoms with Crippen molar-refractivity contribution in [1.82, 2.24) is 20.9 Å². The lowest BCUT2D eigenvalue weighted by molar-refractivity contribution is 0.0954. The van der Waals surface area contributed by atoms with Crippen molar-refractivity contribution in [3.63, 3.8) is 0 Å². The van der Waals surface area contributed by atoms with Gasteiger partial charge in [0.2, 0.25) is 0 Å². The van der Waals surface area contributed by atoms with Crippen molar-refractivity contribution in [1.29, 1.82) is 0 Å². The Morgan fingerprint density at radius 1 is 1.10 bits per heavy atom. The number of carbonyl (C=O) groups excluding carboxylic acids is 1. The first-order valence-corrected chi connectivity index (χ1v) is 9.36. The molecule has 0 bridgehead atoms. The van der Waals surface area contributed by atoms with Gasteiger partial charge in [-0.2, -0.15) is 0 Å². The Morgan fingerprint density at radius 2 is 1.90 bits per heavy atom. The molecule has 1 aromatic carbocycles. The van der Waals surface area contributed by atoms with Crippen molar-refractivity contribution in [3.8, 4) is 0 Å². The number of fused-ring (bicyclic) bond motifs is 1. The van der Waals surface area contributed by atoms with E-state index in [0.717, 1.165) is 28.8 Å². The number of halogens is 1. The van der Waals surface area contributed by atoms with Crippen LogP contribution in [0.3, 0.4) is 0 Å². The van der Waals surface area contributed by atoms with Gasteiger partial charge in [-0.05, 0) is 32.0 Å². The Balaban J connectivity index is 0.00000300. The highest BCUT2D eigenvalue weighted by Gasteiger charge is 2.09. The predicted molar refractivity (Wildman–Crippen MR) is 126 cm³/mol. The molecule has 0 fully saturated rings. The van der Waals surface area contributed by atoms with E-state index in [0.29, 0.717) is 31.2 Å². The van der Waals surface area contributed by atoms with E-state index in [9.17, 15) is 4.79 Å². The van der Waals surface area contributed by atoms with Crippen LogP contribution in [0.5, 0.6) is 0 Å². The van der Waals surface area contributed by atoms with Crippen LogP contribution < -0.4 is 16.0 Å². The summed E-state index contributed by atoms with van der Waals surface area (Å²) in [7, 11) is 0. The van der Waals surface area contributed by atoms with Crippen molar-refractivity contribution in [2.45, 2.75) is 20.4 Å². The van der Waals surface area contributed by atoms with Crippen LogP contribution in [0.2, 0.25) is 0 Å². The van der Waals surface area contributed by atoms with Crippen molar-refractivity contribution in [2.75, 3.05) is 19.6 Å². The van der Waals surface area contributed by atoms with Crippen LogP contribution in [-0.2, 0) is 6.54 Å². The number of carbonyl (C=O) groups is 1. The normalized spacial score (nSPS) is 11.0. The van der Waals surface area contributed by atoms with Crippen LogP contribution in [0.15, 0.2) is 58.2 Å². The van der Waals surface area contributed by atoms with Gasteiger partial charge in [-0.25, -0.2) is 4.99 Å². The molecule has 3 N–H and O–H groups in total. The molecule has 29 heavy (non-hydrogen) atoms. The Morgan fingerprint density at radius 3 is 2.62 bits per heavy atom. The van der Waals surface area contributed by atoms with Crippen molar-refractivity contribution >= 4 is 46.8 Å². The maximum atomic E-state index is 12.0. The third-order valence-electron chi connectivity index (χ3n) is 4.29. The summed E-state index contributed by atoms with van der Waals surface area (Å²) in [5.41, 5.74) is 2.53. The Hall–Kier alpha value is -2.62. The number of guanidine groups is 1. The SMILES string of the molecule is CCNC(=NCc1oc2ccccc2c1C)NCCNC(=O)c1cccnc1.I. The van der Waals surface area contributed by atoms with Crippen molar-refractivity contribution in [3.05, 3.63) is 65.7 Å². The molecule has 8 heteroatoms. The lowest BCUT2D eigenvalue weighted by Crippen LogP contribution is -2.41. The van der Waals surface area contributed by atoms with Gasteiger partial charge in [0.05, 0.1) is 5.56 Å². The Labute approximate surface area is 187 Å². The molecule has 0 aliphatic rings. The molecular formula is C21H26IN5O2. The smallest absolute Gasteiger partial charge is 0.252 e. The van der Waals surface area contributed by atoms with E-state index in [2.05, 4.69) is 32.0 Å². The van der Waals surface area contributed by atoms with Gasteiger partial charge in [0, 0.05) is 43.0 Å². The minimum Gasteiger partial charge on any atom is -0.459 e. The molecule has 0 unspecified atom stereocenters. The zero-order valence-electron chi connectivity index (χ0n) is 16.6. The van der Waals surface area contributed by atoms with E-state index >= 15 is 0 Å². The molecule has 1 amide bonds. The number of furan rings is 1. The molecule has 0 aliphatic carbocycles. The zero-order valence-corrected chi connectivity index (χ0v) is 18.9. The quantitative estimate of drug-likeness (QED) is 0.198. The van der Waals surface area contributed by atoms with Gasteiger partial charge in [-0.1, -0.05) is 18.2 Å². The molecule has 0 spiro atoms. The monoisotopic (exact) mass is 507 g/mol. The first-order valence-electron chi connectivity index (χ1n) is 9.36. The zero-order chi connectivity index (χ0) is 19.8. The number of hydrogen-bond acceptors (Lipinski definition) is 4. The largest absolute Gasteiger partial charge is 0.459 e. The summed E-state index contributed by atoms with van der Waals surface area (Å²) in [5, 5.41) is 10.4. The minimum atomic E-state index is -0.144. The van der Waals surface area contributed by atoms with Gasteiger partial charge in [-0.3, -0.25) is 9.78 Å². The summed E-state index contributed by atoms with van der Waals surface area (Å²) in [5.74, 6) is 1.39. The molecule has 3 aromatic rings. The number of benzene rings is 1. The first kappa shape index (κ1) is 22.7. The van der Waals surface area contributed by atoms with Crippen molar-refractivity contribution in [2.24, 2.45) is 4.99 Å². The molecule has 2 heterocycles. The number of hydrogen-bond donors (Lipinski definition) is 3. The Kier molecular flexibility index (Phi) is 8.91. The molecule has 7 nitrogen and oxygen atoms in total. The number of pyridine rings is 1. The fourth-order valence-corrected chi connectivity index (χ4v) is 2.82. The van der Waals surface area contributed by atoms with E-state index in [1.165, 1.54) is 0 Å². The topological polar surface area (TPSA) is 91.5 Å². The number of nitrogens with one attached hydrogen (secondary N) is 3. The third-order valence-corrected chi connectivity index (χ3v) is 4.29. The van der Waals surface area contributed by atoms with Gasteiger partial charge in [0.15, 0.2) is 5.96 Å². The first-order chi connectivity index (χ1) is 13.7. The fraction of sp³-hybridized carbons (Fsp3) is 0.286. The van der Waals surface area contributed by atoms with E-state index in [1.54, 1.807) is 24.5 Å². The van der Waals surface area contributed by atoms with Crippen LogP contribution in [0.25, 0.3) is 11.0 Å². The second-order valence-electron chi connectivity index (χ2n) is 6.27. The van der Waals surface area contributed by atoms with Gasteiger partial charge in [0.25, 0.3) is 5.91 Å². The summed E-state index contributed by atoms with van der Waals surface area (Å²) in [6.07, 6.45) is 3.19. The molecule has 0 atom stereocenters. The summed E-state index contributed by atoms with van der Waals surface area (Å²) >= 11 is 0. The average molecular weight is 507 g/mol. The number of nitrogens with zero attached hydrogens (tertiary/aromatic N) is 2. The molecule has 0 saturated carbocycles. The molecule has 0 aliphatic heterocycles. The number of amides is 1. The molecule has 0 radical (unpaired) electrons. The summed E-state index contributed by atoms with van der Waals surface area (Å²) in [4.78, 5) is 20.6. The molecule has 2 aromatic heterocycles. The highest BCUT2D eigenvalue weighted by Crippen LogP contribution is 2.25. The number of aryl methyl sites for hydroxylation is 1. The third kappa shape index (κ3) is 6.18. The Bertz CT molecular complexity index is 956.